The summed E-state index contributed by atoms with van der Waals surface area (Å²) >= 11 is 0. The fourth-order valence-electron chi connectivity index (χ4n) is 2.85. The Morgan fingerprint density at radius 3 is 2.54 bits per heavy atom. The fraction of sp³-hybridized carbons (Fsp3) is 0.353. The van der Waals surface area contributed by atoms with Gasteiger partial charge in [0.25, 0.3) is 0 Å². The minimum Gasteiger partial charge on any atom is -0.462 e. The zero-order valence-corrected chi connectivity index (χ0v) is 13.7. The molecule has 0 aliphatic rings. The number of nitrogens with two attached hydrogens (primary N) is 1. The van der Waals surface area contributed by atoms with Crippen molar-refractivity contribution in [3.63, 3.8) is 0 Å². The molecule has 2 heterocycles. The van der Waals surface area contributed by atoms with Gasteiger partial charge < -0.3 is 20.1 Å². The van der Waals surface area contributed by atoms with E-state index in [1.807, 2.05) is 31.2 Å². The molecule has 1 atom stereocenters. The average Bonchev–Trinajstić information content (AvgIpc) is 2.86. The molecule has 0 fully saturated rings. The molecule has 0 saturated heterocycles. The van der Waals surface area contributed by atoms with Crippen LogP contribution in [0.2, 0.25) is 0 Å². The predicted molar refractivity (Wildman–Crippen MR) is 91.8 cm³/mol. The van der Waals surface area contributed by atoms with Crippen LogP contribution in [0.1, 0.15) is 36.7 Å². The first kappa shape index (κ1) is 16.2. The van der Waals surface area contributed by atoms with E-state index in [-0.39, 0.29) is 30.6 Å². The Kier molecular flexibility index (Phi) is 4.35. The van der Waals surface area contributed by atoms with Crippen molar-refractivity contribution < 1.29 is 14.6 Å². The third-order valence-electron chi connectivity index (χ3n) is 4.06. The molecule has 7 nitrogen and oxygen atoms in total. The number of nitrogens with zero attached hydrogens (tertiary/aromatic N) is 3. The van der Waals surface area contributed by atoms with Crippen LogP contribution in [0.25, 0.3) is 22.2 Å². The van der Waals surface area contributed by atoms with Crippen molar-refractivity contribution in [3.05, 3.63) is 29.8 Å². The summed E-state index contributed by atoms with van der Waals surface area (Å²) in [7, 11) is 0. The number of para-hydroxylation sites is 2. The molecule has 0 unspecified atom stereocenters. The number of benzene rings is 1. The lowest BCUT2D eigenvalue weighted by Crippen LogP contribution is -2.16. The van der Waals surface area contributed by atoms with Gasteiger partial charge in [-0.25, -0.2) is 14.8 Å². The maximum atomic E-state index is 12.4. The summed E-state index contributed by atoms with van der Waals surface area (Å²) in [5.74, 6) is -0.309. The highest BCUT2D eigenvalue weighted by molar-refractivity contribution is 6.08. The number of hydrogen-bond acceptors (Lipinski definition) is 6. The highest BCUT2D eigenvalue weighted by atomic mass is 16.5. The van der Waals surface area contributed by atoms with Crippen LogP contribution in [0.3, 0.4) is 0 Å². The number of hydrogen-bond donors (Lipinski definition) is 2. The Morgan fingerprint density at radius 1 is 1.29 bits per heavy atom. The van der Waals surface area contributed by atoms with Crippen molar-refractivity contribution in [2.45, 2.75) is 26.3 Å². The summed E-state index contributed by atoms with van der Waals surface area (Å²) in [5.41, 5.74) is 8.69. The van der Waals surface area contributed by atoms with E-state index in [2.05, 4.69) is 9.97 Å². The van der Waals surface area contributed by atoms with Gasteiger partial charge >= 0.3 is 5.97 Å². The van der Waals surface area contributed by atoms with Crippen LogP contribution < -0.4 is 5.73 Å². The van der Waals surface area contributed by atoms with Crippen molar-refractivity contribution in [1.82, 2.24) is 14.5 Å². The molecule has 3 aromatic rings. The van der Waals surface area contributed by atoms with Crippen LogP contribution in [-0.4, -0.2) is 38.8 Å². The van der Waals surface area contributed by atoms with E-state index in [1.54, 1.807) is 11.5 Å². The number of carbonyl (C=O) groups is 1. The van der Waals surface area contributed by atoms with Crippen LogP contribution in [0.5, 0.6) is 0 Å². The number of carbonyl (C=O) groups excluding carboxylic acids is 1. The molecule has 1 aromatic carbocycles. The maximum Gasteiger partial charge on any atom is 0.344 e. The van der Waals surface area contributed by atoms with Crippen molar-refractivity contribution in [3.8, 4) is 0 Å². The van der Waals surface area contributed by atoms with Crippen molar-refractivity contribution >= 4 is 34.0 Å². The van der Waals surface area contributed by atoms with Gasteiger partial charge in [-0.05, 0) is 25.5 Å². The van der Waals surface area contributed by atoms with Crippen LogP contribution in [0.4, 0.5) is 5.82 Å². The number of aromatic nitrogens is 3. The number of nitrogen functional groups attached to an aromatic ring is 1. The van der Waals surface area contributed by atoms with E-state index >= 15 is 0 Å². The van der Waals surface area contributed by atoms with Gasteiger partial charge in [-0.2, -0.15) is 0 Å². The quantitative estimate of drug-likeness (QED) is 0.697. The lowest BCUT2D eigenvalue weighted by atomic mass is 10.2. The number of fused-ring (bicyclic) bond motifs is 2. The molecule has 0 spiro atoms. The smallest absolute Gasteiger partial charge is 0.344 e. The Balaban J connectivity index is 2.38. The minimum atomic E-state index is -0.531. The molecule has 126 valence electrons. The first-order chi connectivity index (χ1) is 11.6. The van der Waals surface area contributed by atoms with E-state index in [4.69, 9.17) is 10.5 Å². The number of aliphatic hydroxyl groups excluding tert-OH is 1. The zero-order chi connectivity index (χ0) is 17.3. The summed E-state index contributed by atoms with van der Waals surface area (Å²) < 4.78 is 6.81. The highest BCUT2D eigenvalue weighted by Gasteiger charge is 2.27. The van der Waals surface area contributed by atoms with E-state index in [0.29, 0.717) is 28.6 Å². The molecule has 3 rings (SSSR count). The fourth-order valence-corrected chi connectivity index (χ4v) is 2.85. The Morgan fingerprint density at radius 2 is 1.96 bits per heavy atom. The van der Waals surface area contributed by atoms with E-state index < -0.39 is 5.97 Å². The van der Waals surface area contributed by atoms with Crippen molar-refractivity contribution in [2.75, 3.05) is 18.9 Å². The van der Waals surface area contributed by atoms with Crippen LogP contribution in [-0.2, 0) is 4.74 Å². The van der Waals surface area contributed by atoms with E-state index in [9.17, 15) is 9.90 Å². The standard InChI is InChI=1S/C17H20N4O3/c1-3-10(9-22)21-15(18)13(17(23)24-4-2)14-16(21)20-12-8-6-5-7-11(12)19-14/h5-8,10,22H,3-4,9,18H2,1-2H3/t10-/m1/s1. The summed E-state index contributed by atoms with van der Waals surface area (Å²) in [5, 5.41) is 9.69. The van der Waals surface area contributed by atoms with Gasteiger partial charge in [0.05, 0.1) is 30.3 Å². The first-order valence-electron chi connectivity index (χ1n) is 7.96. The van der Waals surface area contributed by atoms with Crippen molar-refractivity contribution in [2.24, 2.45) is 0 Å². The lowest BCUT2D eigenvalue weighted by Gasteiger charge is -2.17. The molecule has 3 N–H and O–H groups in total. The number of aliphatic hydroxyl groups is 1. The predicted octanol–water partition coefficient (Wildman–Crippen LogP) is 2.29. The monoisotopic (exact) mass is 328 g/mol. The van der Waals surface area contributed by atoms with Crippen LogP contribution in [0.15, 0.2) is 24.3 Å². The highest BCUT2D eigenvalue weighted by Crippen LogP contribution is 2.32. The molecule has 0 amide bonds. The summed E-state index contributed by atoms with van der Waals surface area (Å²) in [6.45, 7) is 3.80. The van der Waals surface area contributed by atoms with Crippen LogP contribution in [0, 0.1) is 0 Å². The van der Waals surface area contributed by atoms with Gasteiger partial charge in [-0.1, -0.05) is 19.1 Å². The third-order valence-corrected chi connectivity index (χ3v) is 4.06. The zero-order valence-electron chi connectivity index (χ0n) is 13.7. The normalized spacial score (nSPS) is 12.6. The molecule has 0 bridgehead atoms. The first-order valence-corrected chi connectivity index (χ1v) is 7.96. The lowest BCUT2D eigenvalue weighted by molar-refractivity contribution is 0.0529. The Labute approximate surface area is 139 Å². The number of anilines is 1. The summed E-state index contributed by atoms with van der Waals surface area (Å²) in [4.78, 5) is 21.6. The molecule has 0 aliphatic carbocycles. The summed E-state index contributed by atoms with van der Waals surface area (Å²) in [6.07, 6.45) is 0.640. The molecular weight excluding hydrogens is 308 g/mol. The largest absolute Gasteiger partial charge is 0.462 e. The minimum absolute atomic E-state index is 0.110. The average molecular weight is 328 g/mol. The van der Waals surface area contributed by atoms with E-state index in [1.165, 1.54) is 0 Å². The molecule has 0 saturated carbocycles. The number of ether oxygens (including phenoxy) is 1. The van der Waals surface area contributed by atoms with Gasteiger partial charge in [0.1, 0.15) is 16.9 Å². The number of esters is 1. The molecule has 2 aromatic heterocycles. The van der Waals surface area contributed by atoms with Crippen LogP contribution >= 0.6 is 0 Å². The molecular formula is C17H20N4O3. The second-order valence-electron chi connectivity index (χ2n) is 5.48. The molecule has 7 heteroatoms. The molecule has 24 heavy (non-hydrogen) atoms. The third kappa shape index (κ3) is 2.46. The second-order valence-corrected chi connectivity index (χ2v) is 5.48. The Hall–Kier alpha value is -2.67. The molecule has 0 aliphatic heterocycles. The SMILES string of the molecule is CCOC(=O)c1c(N)n([C@H](CC)CO)c2nc3ccccc3nc12. The van der Waals surface area contributed by atoms with Gasteiger partial charge in [0.15, 0.2) is 5.65 Å². The van der Waals surface area contributed by atoms with E-state index in [0.717, 1.165) is 0 Å². The van der Waals surface area contributed by atoms with Gasteiger partial charge in [-0.15, -0.1) is 0 Å². The Bertz CT molecular complexity index is 900. The van der Waals surface area contributed by atoms with Crippen molar-refractivity contribution in [1.29, 1.82) is 0 Å². The van der Waals surface area contributed by atoms with Gasteiger partial charge in [0.2, 0.25) is 0 Å². The maximum absolute atomic E-state index is 12.4. The summed E-state index contributed by atoms with van der Waals surface area (Å²) in [6, 6.07) is 7.11. The topological polar surface area (TPSA) is 103 Å². The van der Waals surface area contributed by atoms with Gasteiger partial charge in [-0.3, -0.25) is 0 Å². The van der Waals surface area contributed by atoms with Gasteiger partial charge in [0, 0.05) is 0 Å². The number of rotatable bonds is 5. The molecule has 0 radical (unpaired) electrons. The second kappa shape index (κ2) is 6.45.